The highest BCUT2D eigenvalue weighted by molar-refractivity contribution is 6.00. The van der Waals surface area contributed by atoms with E-state index >= 15 is 0 Å². The third kappa shape index (κ3) is 3.47. The molecule has 8 heteroatoms. The lowest BCUT2D eigenvalue weighted by Gasteiger charge is -2.06. The Morgan fingerprint density at radius 3 is 2.80 bits per heavy atom. The lowest BCUT2D eigenvalue weighted by atomic mass is 10.2. The number of para-hydroxylation sites is 1. The van der Waals surface area contributed by atoms with Crippen LogP contribution in [0, 0.1) is 0 Å². The summed E-state index contributed by atoms with van der Waals surface area (Å²) in [4.78, 5) is 17.9. The lowest BCUT2D eigenvalue weighted by molar-refractivity contribution is -0.173. The standard InChI is InChI=1S/C12H11F3N2O3/c13-12(14,15)6-20-5-4-9-16-8-3-1-2-7(11(18)19)10(8)17-9/h1-3H,4-6H2,(H,16,17)(H,18,19). The van der Waals surface area contributed by atoms with Gasteiger partial charge in [0.15, 0.2) is 0 Å². The summed E-state index contributed by atoms with van der Waals surface area (Å²) in [6, 6.07) is 4.62. The van der Waals surface area contributed by atoms with E-state index in [0.717, 1.165) is 0 Å². The molecule has 108 valence electrons. The second-order valence-corrected chi connectivity index (χ2v) is 4.11. The molecule has 2 aromatic rings. The highest BCUT2D eigenvalue weighted by Gasteiger charge is 2.27. The van der Waals surface area contributed by atoms with Crippen LogP contribution in [0.25, 0.3) is 11.0 Å². The first-order chi connectivity index (χ1) is 9.37. The number of imidazole rings is 1. The first-order valence-electron chi connectivity index (χ1n) is 5.72. The van der Waals surface area contributed by atoms with Crippen molar-refractivity contribution in [2.75, 3.05) is 13.2 Å². The Bertz CT molecular complexity index is 622. The Morgan fingerprint density at radius 2 is 2.15 bits per heavy atom. The number of fused-ring (bicyclic) bond motifs is 1. The van der Waals surface area contributed by atoms with Crippen LogP contribution in [0.2, 0.25) is 0 Å². The van der Waals surface area contributed by atoms with Gasteiger partial charge in [-0.2, -0.15) is 13.2 Å². The van der Waals surface area contributed by atoms with E-state index in [0.29, 0.717) is 11.3 Å². The number of aromatic amines is 1. The van der Waals surface area contributed by atoms with Gasteiger partial charge in [-0.05, 0) is 12.1 Å². The van der Waals surface area contributed by atoms with Crippen molar-refractivity contribution in [1.29, 1.82) is 0 Å². The molecule has 0 unspecified atom stereocenters. The fourth-order valence-corrected chi connectivity index (χ4v) is 1.73. The normalized spacial score (nSPS) is 11.9. The number of carboxylic acids is 1. The molecule has 0 aliphatic carbocycles. The molecule has 0 fully saturated rings. The van der Waals surface area contributed by atoms with E-state index in [1.54, 1.807) is 12.1 Å². The summed E-state index contributed by atoms with van der Waals surface area (Å²) >= 11 is 0. The number of rotatable bonds is 5. The number of nitrogens with one attached hydrogen (secondary N) is 1. The second kappa shape index (κ2) is 5.49. The molecule has 1 aromatic carbocycles. The van der Waals surface area contributed by atoms with Crippen LogP contribution >= 0.6 is 0 Å². The molecule has 20 heavy (non-hydrogen) atoms. The highest BCUT2D eigenvalue weighted by Crippen LogP contribution is 2.17. The van der Waals surface area contributed by atoms with E-state index in [1.807, 2.05) is 0 Å². The molecule has 0 saturated carbocycles. The quantitative estimate of drug-likeness (QED) is 0.828. The number of benzene rings is 1. The smallest absolute Gasteiger partial charge is 0.411 e. The average molecular weight is 288 g/mol. The molecule has 5 nitrogen and oxygen atoms in total. The van der Waals surface area contributed by atoms with Crippen molar-refractivity contribution in [3.63, 3.8) is 0 Å². The van der Waals surface area contributed by atoms with E-state index in [1.165, 1.54) is 6.07 Å². The average Bonchev–Trinajstić information content (AvgIpc) is 2.75. The third-order valence-electron chi connectivity index (χ3n) is 2.54. The summed E-state index contributed by atoms with van der Waals surface area (Å²) in [6.45, 7) is -1.46. The molecule has 1 aromatic heterocycles. The lowest BCUT2D eigenvalue weighted by Crippen LogP contribution is -2.18. The molecule has 2 rings (SSSR count). The van der Waals surface area contributed by atoms with E-state index in [4.69, 9.17) is 5.11 Å². The van der Waals surface area contributed by atoms with Crippen LogP contribution in [-0.2, 0) is 11.2 Å². The maximum atomic E-state index is 11.9. The first-order valence-corrected chi connectivity index (χ1v) is 5.72. The molecular weight excluding hydrogens is 277 g/mol. The van der Waals surface area contributed by atoms with E-state index in [9.17, 15) is 18.0 Å². The number of carbonyl (C=O) groups is 1. The highest BCUT2D eigenvalue weighted by atomic mass is 19.4. The minimum absolute atomic E-state index is 0.0428. The summed E-state index contributed by atoms with van der Waals surface area (Å²) in [5.74, 6) is -0.724. The van der Waals surface area contributed by atoms with Gasteiger partial charge in [-0.15, -0.1) is 0 Å². The van der Waals surface area contributed by atoms with E-state index in [2.05, 4.69) is 14.7 Å². The van der Waals surface area contributed by atoms with Gasteiger partial charge in [0, 0.05) is 6.42 Å². The van der Waals surface area contributed by atoms with Crippen LogP contribution in [0.1, 0.15) is 16.2 Å². The largest absolute Gasteiger partial charge is 0.478 e. The molecule has 2 N–H and O–H groups in total. The Morgan fingerprint density at radius 1 is 1.40 bits per heavy atom. The third-order valence-corrected chi connectivity index (χ3v) is 2.54. The fraction of sp³-hybridized carbons (Fsp3) is 0.333. The van der Waals surface area contributed by atoms with Gasteiger partial charge in [0.1, 0.15) is 17.9 Å². The zero-order chi connectivity index (χ0) is 14.8. The van der Waals surface area contributed by atoms with Crippen molar-refractivity contribution in [3.8, 4) is 0 Å². The van der Waals surface area contributed by atoms with Gasteiger partial charge in [-0.1, -0.05) is 6.07 Å². The number of aromatic carboxylic acids is 1. The van der Waals surface area contributed by atoms with Crippen molar-refractivity contribution in [2.45, 2.75) is 12.6 Å². The molecule has 0 bridgehead atoms. The number of nitrogens with zero attached hydrogens (tertiary/aromatic N) is 1. The summed E-state index contributed by atoms with van der Waals surface area (Å²) < 4.78 is 40.1. The van der Waals surface area contributed by atoms with Crippen LogP contribution in [0.3, 0.4) is 0 Å². The zero-order valence-corrected chi connectivity index (χ0v) is 10.2. The number of hydrogen-bond acceptors (Lipinski definition) is 3. The summed E-state index contributed by atoms with van der Waals surface area (Å²) in [5, 5.41) is 8.99. The van der Waals surface area contributed by atoms with Crippen molar-refractivity contribution < 1.29 is 27.8 Å². The van der Waals surface area contributed by atoms with Gasteiger partial charge < -0.3 is 14.8 Å². The van der Waals surface area contributed by atoms with E-state index in [-0.39, 0.29) is 24.1 Å². The van der Waals surface area contributed by atoms with E-state index < -0.39 is 18.8 Å². The van der Waals surface area contributed by atoms with Gasteiger partial charge >= 0.3 is 12.1 Å². The summed E-state index contributed by atoms with van der Waals surface area (Å²) in [7, 11) is 0. The maximum absolute atomic E-state index is 11.9. The molecule has 0 amide bonds. The molecule has 0 aliphatic rings. The topological polar surface area (TPSA) is 75.2 Å². The number of alkyl halides is 3. The zero-order valence-electron chi connectivity index (χ0n) is 10.2. The molecule has 0 radical (unpaired) electrons. The number of halogens is 3. The van der Waals surface area contributed by atoms with Gasteiger partial charge in [0.25, 0.3) is 0 Å². The Kier molecular flexibility index (Phi) is 3.93. The number of carboxylic acid groups (broad SMARTS) is 1. The number of aromatic nitrogens is 2. The Balaban J connectivity index is 2.05. The molecule has 0 aliphatic heterocycles. The number of hydrogen-bond donors (Lipinski definition) is 2. The maximum Gasteiger partial charge on any atom is 0.411 e. The Labute approximate surface area is 111 Å². The van der Waals surface area contributed by atoms with Crippen LogP contribution < -0.4 is 0 Å². The van der Waals surface area contributed by atoms with Gasteiger partial charge in [0.05, 0.1) is 17.7 Å². The second-order valence-electron chi connectivity index (χ2n) is 4.11. The van der Waals surface area contributed by atoms with Crippen molar-refractivity contribution >= 4 is 17.0 Å². The number of H-pyrrole nitrogens is 1. The van der Waals surface area contributed by atoms with Crippen LogP contribution in [-0.4, -0.2) is 40.4 Å². The van der Waals surface area contributed by atoms with Crippen molar-refractivity contribution in [1.82, 2.24) is 9.97 Å². The molecule has 1 heterocycles. The molecular formula is C12H11F3N2O3. The molecule has 0 spiro atoms. The fourth-order valence-electron chi connectivity index (χ4n) is 1.73. The van der Waals surface area contributed by atoms with Gasteiger partial charge in [-0.3, -0.25) is 0 Å². The van der Waals surface area contributed by atoms with Crippen molar-refractivity contribution in [3.05, 3.63) is 29.6 Å². The predicted molar refractivity (Wildman–Crippen MR) is 63.6 cm³/mol. The monoisotopic (exact) mass is 288 g/mol. The summed E-state index contributed by atoms with van der Waals surface area (Å²) in [6.07, 6.45) is -4.21. The molecule has 0 saturated heterocycles. The first kappa shape index (κ1) is 14.3. The van der Waals surface area contributed by atoms with Gasteiger partial charge in [0.2, 0.25) is 0 Å². The van der Waals surface area contributed by atoms with Crippen molar-refractivity contribution in [2.24, 2.45) is 0 Å². The minimum Gasteiger partial charge on any atom is -0.478 e. The summed E-state index contributed by atoms with van der Waals surface area (Å²) in [5.41, 5.74) is 0.850. The molecule has 0 atom stereocenters. The van der Waals surface area contributed by atoms with Gasteiger partial charge in [-0.25, -0.2) is 9.78 Å². The Hall–Kier alpha value is -2.09. The number of ether oxygens (including phenoxy) is 1. The minimum atomic E-state index is -4.36. The van der Waals surface area contributed by atoms with Crippen LogP contribution in [0.4, 0.5) is 13.2 Å². The predicted octanol–water partition coefficient (Wildman–Crippen LogP) is 2.38. The van der Waals surface area contributed by atoms with Crippen LogP contribution in [0.5, 0.6) is 0 Å². The van der Waals surface area contributed by atoms with Crippen LogP contribution in [0.15, 0.2) is 18.2 Å². The SMILES string of the molecule is O=C(O)c1cccc2[nH]c(CCOCC(F)(F)F)nc12.